The summed E-state index contributed by atoms with van der Waals surface area (Å²) in [4.78, 5) is 0. The molecule has 0 radical (unpaired) electrons. The van der Waals surface area contributed by atoms with Crippen molar-refractivity contribution >= 4 is 0 Å². The molecule has 0 amide bonds. The minimum Gasteiger partial charge on any atom is -0.394 e. The number of nitrogens with one attached hydrogen (secondary N) is 1. The highest BCUT2D eigenvalue weighted by Crippen LogP contribution is 2.48. The lowest BCUT2D eigenvalue weighted by atomic mass is 9.76. The number of fused-ring (bicyclic) bond motifs is 2. The van der Waals surface area contributed by atoms with Gasteiger partial charge in [0.25, 0.3) is 0 Å². The highest BCUT2D eigenvalue weighted by atomic mass is 16.3. The van der Waals surface area contributed by atoms with Crippen molar-refractivity contribution in [3.63, 3.8) is 0 Å². The fourth-order valence-corrected chi connectivity index (χ4v) is 3.97. The molecule has 2 N–H and O–H groups in total. The van der Waals surface area contributed by atoms with E-state index in [0.717, 1.165) is 17.8 Å². The molecule has 3 saturated carbocycles. The summed E-state index contributed by atoms with van der Waals surface area (Å²) in [7, 11) is 0. The summed E-state index contributed by atoms with van der Waals surface area (Å²) in [6.45, 7) is 1.51. The van der Waals surface area contributed by atoms with E-state index in [1.807, 2.05) is 0 Å². The molecular formula is C13H23NO. The van der Waals surface area contributed by atoms with Gasteiger partial charge in [-0.3, -0.25) is 0 Å². The highest BCUT2D eigenvalue weighted by Gasteiger charge is 2.41. The lowest BCUT2D eigenvalue weighted by Gasteiger charge is -2.42. The second-order valence-electron chi connectivity index (χ2n) is 6.11. The highest BCUT2D eigenvalue weighted by molar-refractivity contribution is 4.98. The molecule has 2 heteroatoms. The van der Waals surface area contributed by atoms with Gasteiger partial charge in [0.2, 0.25) is 0 Å². The second kappa shape index (κ2) is 3.74. The van der Waals surface area contributed by atoms with E-state index in [-0.39, 0.29) is 5.54 Å². The van der Waals surface area contributed by atoms with Crippen LogP contribution in [0.4, 0.5) is 0 Å². The smallest absolute Gasteiger partial charge is 0.0613 e. The third-order valence-corrected chi connectivity index (χ3v) is 5.24. The first-order valence-electron chi connectivity index (χ1n) is 6.67. The van der Waals surface area contributed by atoms with E-state index in [1.54, 1.807) is 0 Å². The summed E-state index contributed by atoms with van der Waals surface area (Å²) in [6, 6.07) is 0. The maximum atomic E-state index is 9.38. The van der Waals surface area contributed by atoms with Crippen LogP contribution in [0, 0.1) is 17.8 Å². The van der Waals surface area contributed by atoms with Gasteiger partial charge >= 0.3 is 0 Å². The van der Waals surface area contributed by atoms with Gasteiger partial charge in [-0.05, 0) is 62.8 Å². The van der Waals surface area contributed by atoms with Gasteiger partial charge in [0.15, 0.2) is 0 Å². The zero-order valence-electron chi connectivity index (χ0n) is 9.54. The van der Waals surface area contributed by atoms with Crippen LogP contribution < -0.4 is 5.32 Å². The first-order chi connectivity index (χ1) is 7.31. The van der Waals surface area contributed by atoms with Crippen molar-refractivity contribution in [1.29, 1.82) is 0 Å². The normalized spacial score (nSPS) is 41.8. The Morgan fingerprint density at radius 1 is 1.20 bits per heavy atom. The Kier molecular flexibility index (Phi) is 2.52. The van der Waals surface area contributed by atoms with E-state index >= 15 is 0 Å². The van der Waals surface area contributed by atoms with Crippen LogP contribution in [0.25, 0.3) is 0 Å². The average Bonchev–Trinajstić information content (AvgIpc) is 2.78. The van der Waals surface area contributed by atoms with E-state index in [1.165, 1.54) is 51.5 Å². The van der Waals surface area contributed by atoms with Crippen molar-refractivity contribution in [2.24, 2.45) is 17.8 Å². The van der Waals surface area contributed by atoms with Gasteiger partial charge in [0, 0.05) is 5.54 Å². The molecule has 0 saturated heterocycles. The molecule has 2 bridgehead atoms. The Labute approximate surface area is 92.4 Å². The first-order valence-corrected chi connectivity index (χ1v) is 6.67. The van der Waals surface area contributed by atoms with Crippen LogP contribution in [-0.2, 0) is 0 Å². The van der Waals surface area contributed by atoms with Crippen LogP contribution in [0.5, 0.6) is 0 Å². The SMILES string of the molecule is OCC1(NCC2CC3CCC2C3)CCC1. The summed E-state index contributed by atoms with van der Waals surface area (Å²) in [5, 5.41) is 13.0. The zero-order valence-corrected chi connectivity index (χ0v) is 9.54. The predicted molar refractivity (Wildman–Crippen MR) is 60.6 cm³/mol. The minimum atomic E-state index is 0.127. The Hall–Kier alpha value is -0.0800. The number of hydrogen-bond acceptors (Lipinski definition) is 2. The number of aliphatic hydroxyl groups excluding tert-OH is 1. The van der Waals surface area contributed by atoms with Crippen LogP contribution >= 0.6 is 0 Å². The van der Waals surface area contributed by atoms with Crippen LogP contribution in [0.1, 0.15) is 44.9 Å². The molecule has 3 atom stereocenters. The molecule has 3 aliphatic carbocycles. The molecule has 86 valence electrons. The van der Waals surface area contributed by atoms with Gasteiger partial charge in [-0.2, -0.15) is 0 Å². The van der Waals surface area contributed by atoms with E-state index < -0.39 is 0 Å². The molecule has 15 heavy (non-hydrogen) atoms. The number of hydrogen-bond donors (Lipinski definition) is 2. The molecule has 3 unspecified atom stereocenters. The van der Waals surface area contributed by atoms with E-state index in [2.05, 4.69) is 5.32 Å². The Morgan fingerprint density at radius 3 is 2.53 bits per heavy atom. The van der Waals surface area contributed by atoms with Crippen LogP contribution in [0.15, 0.2) is 0 Å². The average molecular weight is 209 g/mol. The third-order valence-electron chi connectivity index (χ3n) is 5.24. The summed E-state index contributed by atoms with van der Waals surface area (Å²) < 4.78 is 0. The Balaban J connectivity index is 1.50. The predicted octanol–water partition coefficient (Wildman–Crippen LogP) is 1.93. The zero-order chi connectivity index (χ0) is 10.3. The van der Waals surface area contributed by atoms with Gasteiger partial charge in [-0.1, -0.05) is 6.42 Å². The quantitative estimate of drug-likeness (QED) is 0.741. The second-order valence-corrected chi connectivity index (χ2v) is 6.11. The fourth-order valence-electron chi connectivity index (χ4n) is 3.97. The standard InChI is InChI=1S/C13H23NO/c15-9-13(4-1-5-13)14-8-12-7-10-2-3-11(12)6-10/h10-12,14-15H,1-9H2. The first kappa shape index (κ1) is 10.1. The van der Waals surface area contributed by atoms with Crippen LogP contribution in [-0.4, -0.2) is 23.8 Å². The largest absolute Gasteiger partial charge is 0.394 e. The lowest BCUT2D eigenvalue weighted by Crippen LogP contribution is -2.55. The van der Waals surface area contributed by atoms with E-state index in [4.69, 9.17) is 0 Å². The summed E-state index contributed by atoms with van der Waals surface area (Å²) >= 11 is 0. The number of rotatable bonds is 4. The molecule has 3 fully saturated rings. The van der Waals surface area contributed by atoms with Crippen molar-refractivity contribution in [3.8, 4) is 0 Å². The molecule has 0 aromatic heterocycles. The Bertz CT molecular complexity index is 231. The van der Waals surface area contributed by atoms with Crippen molar-refractivity contribution < 1.29 is 5.11 Å². The minimum absolute atomic E-state index is 0.127. The Morgan fingerprint density at radius 2 is 2.07 bits per heavy atom. The molecule has 0 aliphatic heterocycles. The topological polar surface area (TPSA) is 32.3 Å². The van der Waals surface area contributed by atoms with Gasteiger partial charge in [0.05, 0.1) is 6.61 Å². The van der Waals surface area contributed by atoms with Crippen molar-refractivity contribution in [2.45, 2.75) is 50.5 Å². The van der Waals surface area contributed by atoms with E-state index in [9.17, 15) is 5.11 Å². The van der Waals surface area contributed by atoms with Crippen LogP contribution in [0.2, 0.25) is 0 Å². The number of aliphatic hydroxyl groups is 1. The maximum Gasteiger partial charge on any atom is 0.0613 e. The maximum absolute atomic E-state index is 9.38. The molecule has 0 spiro atoms. The summed E-state index contributed by atoms with van der Waals surface area (Å²) in [6.07, 6.45) is 9.59. The van der Waals surface area contributed by atoms with Crippen molar-refractivity contribution in [3.05, 3.63) is 0 Å². The fraction of sp³-hybridized carbons (Fsp3) is 1.00. The van der Waals surface area contributed by atoms with Gasteiger partial charge in [0.1, 0.15) is 0 Å². The molecule has 3 rings (SSSR count). The lowest BCUT2D eigenvalue weighted by molar-refractivity contribution is 0.0808. The molecule has 0 aromatic rings. The van der Waals surface area contributed by atoms with Gasteiger partial charge in [-0.25, -0.2) is 0 Å². The third kappa shape index (κ3) is 1.72. The molecule has 0 heterocycles. The molecular weight excluding hydrogens is 186 g/mol. The summed E-state index contributed by atoms with van der Waals surface area (Å²) in [5.74, 6) is 2.99. The van der Waals surface area contributed by atoms with Crippen LogP contribution in [0.3, 0.4) is 0 Å². The monoisotopic (exact) mass is 209 g/mol. The molecule has 3 aliphatic rings. The van der Waals surface area contributed by atoms with Gasteiger partial charge < -0.3 is 10.4 Å². The van der Waals surface area contributed by atoms with Crippen molar-refractivity contribution in [1.82, 2.24) is 5.32 Å². The van der Waals surface area contributed by atoms with Gasteiger partial charge in [-0.15, -0.1) is 0 Å². The van der Waals surface area contributed by atoms with Crippen molar-refractivity contribution in [2.75, 3.05) is 13.2 Å². The summed E-state index contributed by atoms with van der Waals surface area (Å²) in [5.41, 5.74) is 0.127. The van der Waals surface area contributed by atoms with E-state index in [0.29, 0.717) is 6.61 Å². The molecule has 2 nitrogen and oxygen atoms in total. The molecule has 0 aromatic carbocycles.